The number of carbonyl (C=O) groups excluding carboxylic acids is 2. The minimum absolute atomic E-state index is 0.148. The number of carbonyl (C=O) groups is 2. The SMILES string of the molecule is CC(=O)NC(CS)C(=O)N(C)Cc1ccccc1F. The second-order valence-corrected chi connectivity index (χ2v) is 4.59. The number of nitrogens with zero attached hydrogens (tertiary/aromatic N) is 1. The van der Waals surface area contributed by atoms with Crippen LogP contribution in [0, 0.1) is 5.82 Å². The maximum absolute atomic E-state index is 13.5. The summed E-state index contributed by atoms with van der Waals surface area (Å²) in [4.78, 5) is 24.4. The largest absolute Gasteiger partial charge is 0.344 e. The summed E-state index contributed by atoms with van der Waals surface area (Å²) < 4.78 is 13.5. The van der Waals surface area contributed by atoms with Crippen LogP contribution >= 0.6 is 12.6 Å². The average Bonchev–Trinajstić information content (AvgIpc) is 2.37. The van der Waals surface area contributed by atoms with Crippen molar-refractivity contribution >= 4 is 24.4 Å². The molecular weight excluding hydrogens is 267 g/mol. The topological polar surface area (TPSA) is 49.4 Å². The Morgan fingerprint density at radius 3 is 2.58 bits per heavy atom. The number of amides is 2. The number of rotatable bonds is 5. The van der Waals surface area contributed by atoms with E-state index in [2.05, 4.69) is 17.9 Å². The van der Waals surface area contributed by atoms with Crippen molar-refractivity contribution in [3.8, 4) is 0 Å². The summed E-state index contributed by atoms with van der Waals surface area (Å²) in [7, 11) is 1.56. The van der Waals surface area contributed by atoms with Crippen molar-refractivity contribution in [2.45, 2.75) is 19.5 Å². The second-order valence-electron chi connectivity index (χ2n) is 4.22. The molecule has 19 heavy (non-hydrogen) atoms. The van der Waals surface area contributed by atoms with Gasteiger partial charge in [-0.3, -0.25) is 9.59 Å². The molecule has 0 bridgehead atoms. The van der Waals surface area contributed by atoms with Crippen LogP contribution < -0.4 is 5.32 Å². The van der Waals surface area contributed by atoms with Gasteiger partial charge in [-0.25, -0.2) is 4.39 Å². The van der Waals surface area contributed by atoms with Gasteiger partial charge in [0.25, 0.3) is 0 Å². The molecule has 1 aromatic carbocycles. The molecule has 0 saturated carbocycles. The van der Waals surface area contributed by atoms with Gasteiger partial charge in [-0.1, -0.05) is 18.2 Å². The Morgan fingerprint density at radius 2 is 2.05 bits per heavy atom. The summed E-state index contributed by atoms with van der Waals surface area (Å²) >= 11 is 4.03. The molecule has 0 aliphatic rings. The summed E-state index contributed by atoms with van der Waals surface area (Å²) in [6.07, 6.45) is 0. The molecule has 2 amide bonds. The van der Waals surface area contributed by atoms with E-state index in [-0.39, 0.29) is 29.9 Å². The zero-order valence-corrected chi connectivity index (χ0v) is 11.8. The first kappa shape index (κ1) is 15.5. The molecule has 0 aromatic heterocycles. The highest BCUT2D eigenvalue weighted by molar-refractivity contribution is 7.80. The number of hydrogen-bond acceptors (Lipinski definition) is 3. The molecule has 104 valence electrons. The molecule has 0 spiro atoms. The second kappa shape index (κ2) is 7.13. The lowest BCUT2D eigenvalue weighted by molar-refractivity contribution is -0.134. The van der Waals surface area contributed by atoms with E-state index in [1.54, 1.807) is 25.2 Å². The van der Waals surface area contributed by atoms with E-state index in [0.717, 1.165) is 0 Å². The van der Waals surface area contributed by atoms with Gasteiger partial charge in [0.2, 0.25) is 11.8 Å². The fourth-order valence-corrected chi connectivity index (χ4v) is 1.90. The third-order valence-electron chi connectivity index (χ3n) is 2.60. The Morgan fingerprint density at radius 1 is 1.42 bits per heavy atom. The van der Waals surface area contributed by atoms with Gasteiger partial charge in [0.05, 0.1) is 0 Å². The van der Waals surface area contributed by atoms with Crippen molar-refractivity contribution in [2.24, 2.45) is 0 Å². The molecule has 0 radical (unpaired) electrons. The average molecular weight is 284 g/mol. The van der Waals surface area contributed by atoms with Crippen LogP contribution in [0.4, 0.5) is 4.39 Å². The lowest BCUT2D eigenvalue weighted by Gasteiger charge is -2.23. The molecule has 0 heterocycles. The van der Waals surface area contributed by atoms with Gasteiger partial charge in [0.15, 0.2) is 0 Å². The predicted octanol–water partition coefficient (Wildman–Crippen LogP) is 1.22. The Labute approximate surface area is 117 Å². The minimum Gasteiger partial charge on any atom is -0.344 e. The van der Waals surface area contributed by atoms with Crippen LogP contribution in [0.5, 0.6) is 0 Å². The first-order valence-corrected chi connectivity index (χ1v) is 6.45. The molecule has 4 nitrogen and oxygen atoms in total. The molecule has 1 atom stereocenters. The molecule has 1 aromatic rings. The predicted molar refractivity (Wildman–Crippen MR) is 74.3 cm³/mol. The van der Waals surface area contributed by atoms with Crippen molar-refractivity contribution in [2.75, 3.05) is 12.8 Å². The van der Waals surface area contributed by atoms with E-state index in [9.17, 15) is 14.0 Å². The minimum atomic E-state index is -0.697. The van der Waals surface area contributed by atoms with Crippen LogP contribution in [-0.2, 0) is 16.1 Å². The van der Waals surface area contributed by atoms with Crippen molar-refractivity contribution in [1.29, 1.82) is 0 Å². The van der Waals surface area contributed by atoms with E-state index in [4.69, 9.17) is 0 Å². The van der Waals surface area contributed by atoms with E-state index in [0.29, 0.717) is 5.56 Å². The van der Waals surface area contributed by atoms with Gasteiger partial charge in [-0.2, -0.15) is 12.6 Å². The molecule has 1 rings (SSSR count). The van der Waals surface area contributed by atoms with E-state index >= 15 is 0 Å². The Bertz CT molecular complexity index is 468. The van der Waals surface area contributed by atoms with Gasteiger partial charge in [0, 0.05) is 31.8 Å². The van der Waals surface area contributed by atoms with Crippen LogP contribution in [0.1, 0.15) is 12.5 Å². The molecule has 0 aliphatic heterocycles. The Hall–Kier alpha value is -1.56. The standard InChI is InChI=1S/C13H17FN2O2S/c1-9(17)15-12(8-19)13(18)16(2)7-10-5-3-4-6-11(10)14/h3-6,12,19H,7-8H2,1-2H3,(H,15,17). The van der Waals surface area contributed by atoms with Crippen molar-refractivity contribution in [3.63, 3.8) is 0 Å². The fourth-order valence-electron chi connectivity index (χ4n) is 1.66. The number of halogens is 1. The molecule has 6 heteroatoms. The summed E-state index contributed by atoms with van der Waals surface area (Å²) in [5, 5.41) is 2.51. The third kappa shape index (κ3) is 4.55. The first-order valence-electron chi connectivity index (χ1n) is 5.82. The van der Waals surface area contributed by atoms with Crippen LogP contribution in [0.3, 0.4) is 0 Å². The van der Waals surface area contributed by atoms with Crippen molar-refractivity contribution in [3.05, 3.63) is 35.6 Å². The molecule has 1 unspecified atom stereocenters. The monoisotopic (exact) mass is 284 g/mol. The van der Waals surface area contributed by atoms with Crippen LogP contribution in [0.15, 0.2) is 24.3 Å². The molecule has 0 fully saturated rings. The fraction of sp³-hybridized carbons (Fsp3) is 0.385. The molecule has 0 saturated heterocycles. The number of nitrogens with one attached hydrogen (secondary N) is 1. The number of benzene rings is 1. The summed E-state index contributed by atoms with van der Waals surface area (Å²) in [6.45, 7) is 1.48. The number of thiol groups is 1. The van der Waals surface area contributed by atoms with E-state index in [1.165, 1.54) is 17.9 Å². The molecule has 1 N–H and O–H groups in total. The lowest BCUT2D eigenvalue weighted by atomic mass is 10.2. The van der Waals surface area contributed by atoms with Gasteiger partial charge >= 0.3 is 0 Å². The van der Waals surface area contributed by atoms with Gasteiger partial charge in [-0.05, 0) is 6.07 Å². The highest BCUT2D eigenvalue weighted by Gasteiger charge is 2.22. The summed E-state index contributed by atoms with van der Waals surface area (Å²) in [6, 6.07) is 5.57. The highest BCUT2D eigenvalue weighted by Crippen LogP contribution is 2.09. The van der Waals surface area contributed by atoms with Gasteiger partial charge in [-0.15, -0.1) is 0 Å². The third-order valence-corrected chi connectivity index (χ3v) is 2.96. The van der Waals surface area contributed by atoms with Crippen molar-refractivity contribution < 1.29 is 14.0 Å². The number of hydrogen-bond donors (Lipinski definition) is 2. The Kier molecular flexibility index (Phi) is 5.82. The maximum Gasteiger partial charge on any atom is 0.246 e. The normalized spacial score (nSPS) is 11.8. The Balaban J connectivity index is 2.71. The van der Waals surface area contributed by atoms with Gasteiger partial charge < -0.3 is 10.2 Å². The molecule has 0 aliphatic carbocycles. The van der Waals surface area contributed by atoms with Crippen LogP contribution in [0.25, 0.3) is 0 Å². The summed E-state index contributed by atoms with van der Waals surface area (Å²) in [5.74, 6) is -0.760. The van der Waals surface area contributed by atoms with Crippen LogP contribution in [0.2, 0.25) is 0 Å². The highest BCUT2D eigenvalue weighted by atomic mass is 32.1. The number of likely N-dealkylation sites (N-methyl/N-ethyl adjacent to an activating group) is 1. The lowest BCUT2D eigenvalue weighted by Crippen LogP contribution is -2.47. The van der Waals surface area contributed by atoms with E-state index in [1.807, 2.05) is 0 Å². The summed E-state index contributed by atoms with van der Waals surface area (Å²) in [5.41, 5.74) is 0.430. The zero-order valence-electron chi connectivity index (χ0n) is 10.9. The van der Waals surface area contributed by atoms with Crippen LogP contribution in [-0.4, -0.2) is 35.6 Å². The zero-order chi connectivity index (χ0) is 14.4. The molecular formula is C13H17FN2O2S. The maximum atomic E-state index is 13.5. The van der Waals surface area contributed by atoms with Crippen molar-refractivity contribution in [1.82, 2.24) is 10.2 Å². The van der Waals surface area contributed by atoms with E-state index < -0.39 is 6.04 Å². The van der Waals surface area contributed by atoms with Gasteiger partial charge in [0.1, 0.15) is 11.9 Å². The first-order chi connectivity index (χ1) is 8.95. The quantitative estimate of drug-likeness (QED) is 0.799. The smallest absolute Gasteiger partial charge is 0.246 e.